The molecule has 1 atom stereocenters. The zero-order valence-electron chi connectivity index (χ0n) is 10.5. The predicted molar refractivity (Wildman–Crippen MR) is 67.0 cm³/mol. The maximum atomic E-state index is 13.2. The first-order valence-electron chi connectivity index (χ1n) is 6.78. The summed E-state index contributed by atoms with van der Waals surface area (Å²) in [5.41, 5.74) is 0. The summed E-state index contributed by atoms with van der Waals surface area (Å²) >= 11 is 5.66. The normalized spacial score (nSPS) is 26.9. The standard InChI is InChI=1S/C13H20ClF2NO/c14-7-2-8-17(11-3-1-4-11)12(18)10-5-6-13(15,16)9-10/h10-11H,1-9H2. The predicted octanol–water partition coefficient (Wildman–Crippen LogP) is 3.43. The summed E-state index contributed by atoms with van der Waals surface area (Å²) < 4.78 is 26.4. The average Bonchev–Trinajstić information content (AvgIpc) is 2.61. The van der Waals surface area contributed by atoms with Gasteiger partial charge < -0.3 is 4.90 Å². The van der Waals surface area contributed by atoms with Crippen LogP contribution in [0.25, 0.3) is 0 Å². The first-order chi connectivity index (χ1) is 8.53. The summed E-state index contributed by atoms with van der Waals surface area (Å²) in [6.07, 6.45) is 3.82. The molecular formula is C13H20ClF2NO. The minimum absolute atomic E-state index is 0.0676. The molecule has 2 nitrogen and oxygen atoms in total. The van der Waals surface area contributed by atoms with E-state index in [-0.39, 0.29) is 24.8 Å². The number of amides is 1. The van der Waals surface area contributed by atoms with Crippen LogP contribution in [0, 0.1) is 5.92 Å². The number of hydrogen-bond donors (Lipinski definition) is 0. The molecule has 18 heavy (non-hydrogen) atoms. The number of hydrogen-bond acceptors (Lipinski definition) is 1. The molecule has 0 aromatic rings. The Morgan fingerprint density at radius 2 is 2.06 bits per heavy atom. The lowest BCUT2D eigenvalue weighted by Crippen LogP contribution is -2.47. The molecule has 2 saturated carbocycles. The number of alkyl halides is 3. The van der Waals surface area contributed by atoms with Crippen molar-refractivity contribution in [3.63, 3.8) is 0 Å². The van der Waals surface area contributed by atoms with Crippen molar-refractivity contribution < 1.29 is 13.6 Å². The van der Waals surface area contributed by atoms with E-state index < -0.39 is 11.8 Å². The lowest BCUT2D eigenvalue weighted by Gasteiger charge is -2.39. The van der Waals surface area contributed by atoms with Gasteiger partial charge in [-0.15, -0.1) is 11.6 Å². The fraction of sp³-hybridized carbons (Fsp3) is 0.923. The topological polar surface area (TPSA) is 20.3 Å². The van der Waals surface area contributed by atoms with Crippen molar-refractivity contribution in [1.82, 2.24) is 4.90 Å². The molecule has 1 unspecified atom stereocenters. The second-order valence-electron chi connectivity index (χ2n) is 5.45. The van der Waals surface area contributed by atoms with E-state index >= 15 is 0 Å². The second-order valence-corrected chi connectivity index (χ2v) is 5.83. The van der Waals surface area contributed by atoms with Crippen LogP contribution in [0.4, 0.5) is 8.78 Å². The third-order valence-corrected chi connectivity index (χ3v) is 4.35. The number of nitrogens with zero attached hydrogens (tertiary/aromatic N) is 1. The van der Waals surface area contributed by atoms with Gasteiger partial charge in [-0.3, -0.25) is 4.79 Å². The molecule has 0 bridgehead atoms. The molecule has 0 saturated heterocycles. The summed E-state index contributed by atoms with van der Waals surface area (Å²) in [6, 6.07) is 0.273. The van der Waals surface area contributed by atoms with Gasteiger partial charge in [0.15, 0.2) is 0 Å². The Labute approximate surface area is 112 Å². The summed E-state index contributed by atoms with van der Waals surface area (Å²) in [6.45, 7) is 0.620. The van der Waals surface area contributed by atoms with Crippen molar-refractivity contribution in [3.8, 4) is 0 Å². The molecule has 2 rings (SSSR count). The molecular weight excluding hydrogens is 260 g/mol. The van der Waals surface area contributed by atoms with Gasteiger partial charge in [-0.05, 0) is 32.1 Å². The van der Waals surface area contributed by atoms with Crippen molar-refractivity contribution >= 4 is 17.5 Å². The van der Waals surface area contributed by atoms with Gasteiger partial charge >= 0.3 is 0 Å². The molecule has 0 aromatic carbocycles. The lowest BCUT2D eigenvalue weighted by atomic mass is 9.90. The number of carbonyl (C=O) groups is 1. The SMILES string of the molecule is O=C(C1CCC(F)(F)C1)N(CCCCl)C1CCC1. The monoisotopic (exact) mass is 279 g/mol. The Bertz CT molecular complexity index is 307. The molecule has 2 fully saturated rings. The first-order valence-corrected chi connectivity index (χ1v) is 7.31. The number of halogens is 3. The van der Waals surface area contributed by atoms with Crippen LogP contribution in [-0.4, -0.2) is 35.2 Å². The molecule has 0 N–H and O–H groups in total. The van der Waals surface area contributed by atoms with Crippen LogP contribution in [0.15, 0.2) is 0 Å². The van der Waals surface area contributed by atoms with Crippen molar-refractivity contribution in [1.29, 1.82) is 0 Å². The smallest absolute Gasteiger partial charge is 0.248 e. The summed E-state index contributed by atoms with van der Waals surface area (Å²) in [4.78, 5) is 14.1. The van der Waals surface area contributed by atoms with Gasteiger partial charge in [-0.25, -0.2) is 8.78 Å². The van der Waals surface area contributed by atoms with Crippen LogP contribution < -0.4 is 0 Å². The molecule has 2 aliphatic rings. The van der Waals surface area contributed by atoms with Gasteiger partial charge in [0.25, 0.3) is 0 Å². The van der Waals surface area contributed by atoms with Crippen LogP contribution in [0.5, 0.6) is 0 Å². The van der Waals surface area contributed by atoms with E-state index in [2.05, 4.69) is 0 Å². The van der Waals surface area contributed by atoms with Crippen LogP contribution in [-0.2, 0) is 4.79 Å². The molecule has 0 heterocycles. The maximum absolute atomic E-state index is 13.2. The highest BCUT2D eigenvalue weighted by Crippen LogP contribution is 2.40. The molecule has 1 amide bonds. The van der Waals surface area contributed by atoms with E-state index in [1.54, 1.807) is 0 Å². The Hall–Kier alpha value is -0.380. The Balaban J connectivity index is 1.94. The highest BCUT2D eigenvalue weighted by Gasteiger charge is 2.44. The molecule has 0 radical (unpaired) electrons. The molecule has 5 heteroatoms. The number of carbonyl (C=O) groups excluding carboxylic acids is 1. The van der Waals surface area contributed by atoms with E-state index in [1.807, 2.05) is 4.90 Å². The largest absolute Gasteiger partial charge is 0.339 e. The van der Waals surface area contributed by atoms with Crippen molar-refractivity contribution in [3.05, 3.63) is 0 Å². The van der Waals surface area contributed by atoms with Gasteiger partial charge in [0.1, 0.15) is 0 Å². The van der Waals surface area contributed by atoms with Gasteiger partial charge in [-0.2, -0.15) is 0 Å². The van der Waals surface area contributed by atoms with Gasteiger partial charge in [-0.1, -0.05) is 0 Å². The minimum atomic E-state index is -2.64. The molecule has 0 aliphatic heterocycles. The highest BCUT2D eigenvalue weighted by molar-refractivity contribution is 6.17. The van der Waals surface area contributed by atoms with Crippen LogP contribution in [0.2, 0.25) is 0 Å². The third-order valence-electron chi connectivity index (χ3n) is 4.08. The fourth-order valence-electron chi connectivity index (χ4n) is 2.80. The first kappa shape index (κ1) is 14.0. The molecule has 0 aromatic heterocycles. The van der Waals surface area contributed by atoms with E-state index in [0.717, 1.165) is 25.7 Å². The highest BCUT2D eigenvalue weighted by atomic mass is 35.5. The Morgan fingerprint density at radius 1 is 1.33 bits per heavy atom. The van der Waals surface area contributed by atoms with E-state index in [1.165, 1.54) is 0 Å². The molecule has 104 valence electrons. The van der Waals surface area contributed by atoms with Crippen LogP contribution in [0.3, 0.4) is 0 Å². The van der Waals surface area contributed by atoms with Crippen LogP contribution >= 0.6 is 11.6 Å². The van der Waals surface area contributed by atoms with Gasteiger partial charge in [0.05, 0.1) is 0 Å². The van der Waals surface area contributed by atoms with Gasteiger partial charge in [0, 0.05) is 37.2 Å². The second kappa shape index (κ2) is 5.72. The van der Waals surface area contributed by atoms with Crippen molar-refractivity contribution in [2.45, 2.75) is 56.9 Å². The zero-order chi connectivity index (χ0) is 13.2. The Morgan fingerprint density at radius 3 is 2.50 bits per heavy atom. The van der Waals surface area contributed by atoms with Crippen molar-refractivity contribution in [2.75, 3.05) is 12.4 Å². The summed E-state index contributed by atoms with van der Waals surface area (Å²) in [5, 5.41) is 0. The summed E-state index contributed by atoms with van der Waals surface area (Å²) in [5.74, 6) is -2.67. The number of rotatable bonds is 5. The van der Waals surface area contributed by atoms with Crippen LogP contribution in [0.1, 0.15) is 44.9 Å². The molecule has 0 spiro atoms. The quantitative estimate of drug-likeness (QED) is 0.706. The van der Waals surface area contributed by atoms with Gasteiger partial charge in [0.2, 0.25) is 11.8 Å². The Kier molecular flexibility index (Phi) is 4.46. The molecule has 2 aliphatic carbocycles. The fourth-order valence-corrected chi connectivity index (χ4v) is 2.92. The maximum Gasteiger partial charge on any atom is 0.248 e. The van der Waals surface area contributed by atoms with E-state index in [0.29, 0.717) is 18.8 Å². The summed E-state index contributed by atoms with van der Waals surface area (Å²) in [7, 11) is 0. The van der Waals surface area contributed by atoms with E-state index in [9.17, 15) is 13.6 Å². The average molecular weight is 280 g/mol. The van der Waals surface area contributed by atoms with E-state index in [4.69, 9.17) is 11.6 Å². The third kappa shape index (κ3) is 3.14. The van der Waals surface area contributed by atoms with Crippen molar-refractivity contribution in [2.24, 2.45) is 5.92 Å². The zero-order valence-corrected chi connectivity index (χ0v) is 11.3. The minimum Gasteiger partial charge on any atom is -0.339 e. The lowest BCUT2D eigenvalue weighted by molar-refractivity contribution is -0.140.